The summed E-state index contributed by atoms with van der Waals surface area (Å²) in [7, 11) is 0. The second-order valence-electron chi connectivity index (χ2n) is 8.07. The number of halogens is 1. The topological polar surface area (TPSA) is 94.2 Å². The zero-order chi connectivity index (χ0) is 26.4. The Labute approximate surface area is 219 Å². The van der Waals surface area contributed by atoms with Crippen LogP contribution in [0.25, 0.3) is 6.08 Å². The third-order valence-electron chi connectivity index (χ3n) is 5.38. The third-order valence-corrected chi connectivity index (χ3v) is 5.66. The van der Waals surface area contributed by atoms with Crippen molar-refractivity contribution in [3.05, 3.63) is 88.5 Å². The first-order valence-corrected chi connectivity index (χ1v) is 12.0. The van der Waals surface area contributed by atoms with Gasteiger partial charge in [0.2, 0.25) is 0 Å². The van der Waals surface area contributed by atoms with E-state index in [9.17, 15) is 14.4 Å². The normalized spacial score (nSPS) is 14.5. The molecule has 0 radical (unpaired) electrons. The van der Waals surface area contributed by atoms with Crippen LogP contribution in [0.5, 0.6) is 17.2 Å². The molecule has 0 saturated carbocycles. The standard InChI is InChI=1S/C28H25ClN2O6/c1-3-35-24-17-19(16-23(29)25(24)37-14-13-36-21-7-5-4-6-8-21)15-22-26(32)30-28(34)31(27(22)33)20-11-9-18(2)10-12-20/h4-12,15-17H,3,13-14H2,1-2H3,(H,30,32,34)/b22-15-. The highest BCUT2D eigenvalue weighted by Gasteiger charge is 2.36. The van der Waals surface area contributed by atoms with E-state index in [4.69, 9.17) is 25.8 Å². The average molecular weight is 521 g/mol. The van der Waals surface area contributed by atoms with Gasteiger partial charge in [-0.1, -0.05) is 47.5 Å². The van der Waals surface area contributed by atoms with Gasteiger partial charge in [-0.3, -0.25) is 14.9 Å². The van der Waals surface area contributed by atoms with Crippen molar-refractivity contribution in [3.8, 4) is 17.2 Å². The molecule has 4 rings (SSSR count). The molecule has 0 unspecified atom stereocenters. The van der Waals surface area contributed by atoms with E-state index in [-0.39, 0.29) is 23.8 Å². The first kappa shape index (κ1) is 25.8. The number of amides is 4. The predicted octanol–water partition coefficient (Wildman–Crippen LogP) is 5.17. The van der Waals surface area contributed by atoms with Crippen LogP contribution in [-0.2, 0) is 9.59 Å². The van der Waals surface area contributed by atoms with Gasteiger partial charge in [0.1, 0.15) is 24.5 Å². The van der Waals surface area contributed by atoms with E-state index in [2.05, 4.69) is 5.32 Å². The lowest BCUT2D eigenvalue weighted by Crippen LogP contribution is -2.54. The highest BCUT2D eigenvalue weighted by atomic mass is 35.5. The summed E-state index contributed by atoms with van der Waals surface area (Å²) in [5, 5.41) is 2.44. The number of nitrogens with zero attached hydrogens (tertiary/aromatic N) is 1. The zero-order valence-corrected chi connectivity index (χ0v) is 21.1. The highest BCUT2D eigenvalue weighted by molar-refractivity contribution is 6.39. The van der Waals surface area contributed by atoms with Gasteiger partial charge in [-0.25, -0.2) is 9.69 Å². The number of para-hydroxylation sites is 1. The maximum absolute atomic E-state index is 13.2. The summed E-state index contributed by atoms with van der Waals surface area (Å²) in [6.45, 7) is 4.53. The molecule has 0 aromatic heterocycles. The Kier molecular flexibility index (Phi) is 8.10. The minimum Gasteiger partial charge on any atom is -0.490 e. The number of imide groups is 2. The molecule has 0 bridgehead atoms. The largest absolute Gasteiger partial charge is 0.490 e. The van der Waals surface area contributed by atoms with Crippen molar-refractivity contribution in [1.29, 1.82) is 0 Å². The number of carbonyl (C=O) groups is 3. The number of rotatable bonds is 9. The molecule has 3 aromatic carbocycles. The summed E-state index contributed by atoms with van der Waals surface area (Å²) in [5.41, 5.74) is 1.52. The molecule has 1 saturated heterocycles. The molecule has 190 valence electrons. The molecule has 9 heteroatoms. The molecule has 3 aromatic rings. The van der Waals surface area contributed by atoms with Gasteiger partial charge in [0.05, 0.1) is 17.3 Å². The molecule has 0 atom stereocenters. The second kappa shape index (κ2) is 11.6. The Morgan fingerprint density at radius 3 is 2.32 bits per heavy atom. The Balaban J connectivity index is 1.56. The fraction of sp³-hybridized carbons (Fsp3) is 0.179. The first-order valence-electron chi connectivity index (χ1n) is 11.6. The summed E-state index contributed by atoms with van der Waals surface area (Å²) >= 11 is 6.49. The van der Waals surface area contributed by atoms with Crippen LogP contribution in [0.3, 0.4) is 0 Å². The van der Waals surface area contributed by atoms with Crippen LogP contribution in [0.2, 0.25) is 5.02 Å². The maximum atomic E-state index is 13.2. The van der Waals surface area contributed by atoms with Crippen LogP contribution < -0.4 is 24.4 Å². The van der Waals surface area contributed by atoms with Crippen molar-refractivity contribution in [3.63, 3.8) is 0 Å². The SMILES string of the molecule is CCOc1cc(/C=C2/C(=O)NC(=O)N(c3ccc(C)cc3)C2=O)cc(Cl)c1OCCOc1ccccc1. The number of benzene rings is 3. The number of urea groups is 1. The van der Waals surface area contributed by atoms with Crippen LogP contribution in [0.15, 0.2) is 72.3 Å². The number of hydrogen-bond acceptors (Lipinski definition) is 6. The molecule has 1 aliphatic heterocycles. The zero-order valence-electron chi connectivity index (χ0n) is 20.3. The number of hydrogen-bond donors (Lipinski definition) is 1. The molecule has 1 heterocycles. The molecule has 4 amide bonds. The quantitative estimate of drug-likeness (QED) is 0.237. The molecule has 0 aliphatic carbocycles. The summed E-state index contributed by atoms with van der Waals surface area (Å²) in [4.78, 5) is 39.1. The van der Waals surface area contributed by atoms with Gasteiger partial charge in [0.15, 0.2) is 11.5 Å². The van der Waals surface area contributed by atoms with Gasteiger partial charge in [-0.2, -0.15) is 0 Å². The van der Waals surface area contributed by atoms with Crippen LogP contribution in [0.4, 0.5) is 10.5 Å². The monoisotopic (exact) mass is 520 g/mol. The van der Waals surface area contributed by atoms with Crippen molar-refractivity contribution in [2.24, 2.45) is 0 Å². The minimum absolute atomic E-state index is 0.212. The molecule has 1 aliphatic rings. The van der Waals surface area contributed by atoms with Gasteiger partial charge >= 0.3 is 6.03 Å². The number of aryl methyl sites for hydroxylation is 1. The van der Waals surface area contributed by atoms with Crippen LogP contribution in [0, 0.1) is 6.92 Å². The van der Waals surface area contributed by atoms with E-state index in [0.29, 0.717) is 29.4 Å². The lowest BCUT2D eigenvalue weighted by atomic mass is 10.1. The van der Waals surface area contributed by atoms with E-state index in [0.717, 1.165) is 16.2 Å². The van der Waals surface area contributed by atoms with Gasteiger partial charge in [-0.05, 0) is 61.9 Å². The van der Waals surface area contributed by atoms with Crippen LogP contribution in [0.1, 0.15) is 18.1 Å². The van der Waals surface area contributed by atoms with E-state index >= 15 is 0 Å². The fourth-order valence-electron chi connectivity index (χ4n) is 3.65. The predicted molar refractivity (Wildman–Crippen MR) is 140 cm³/mol. The van der Waals surface area contributed by atoms with Crippen molar-refractivity contribution >= 4 is 41.2 Å². The Morgan fingerprint density at radius 1 is 0.919 bits per heavy atom. The lowest BCUT2D eigenvalue weighted by Gasteiger charge is -2.26. The van der Waals surface area contributed by atoms with Crippen molar-refractivity contribution < 1.29 is 28.6 Å². The van der Waals surface area contributed by atoms with E-state index in [1.54, 1.807) is 36.4 Å². The Hall–Kier alpha value is -4.30. The highest BCUT2D eigenvalue weighted by Crippen LogP contribution is 2.37. The smallest absolute Gasteiger partial charge is 0.335 e. The van der Waals surface area contributed by atoms with Crippen LogP contribution in [-0.4, -0.2) is 37.7 Å². The third kappa shape index (κ3) is 6.10. The van der Waals surface area contributed by atoms with Crippen LogP contribution >= 0.6 is 11.6 Å². The molecular formula is C28H25ClN2O6. The summed E-state index contributed by atoms with van der Waals surface area (Å²) in [5.74, 6) is -0.163. The maximum Gasteiger partial charge on any atom is 0.335 e. The van der Waals surface area contributed by atoms with Crippen molar-refractivity contribution in [2.45, 2.75) is 13.8 Å². The number of carbonyl (C=O) groups excluding carboxylic acids is 3. The average Bonchev–Trinajstić information content (AvgIpc) is 2.87. The van der Waals surface area contributed by atoms with E-state index < -0.39 is 17.8 Å². The van der Waals surface area contributed by atoms with Gasteiger partial charge in [0, 0.05) is 0 Å². The number of nitrogens with one attached hydrogen (secondary N) is 1. The number of barbiturate groups is 1. The van der Waals surface area contributed by atoms with Gasteiger partial charge in [0.25, 0.3) is 11.8 Å². The second-order valence-corrected chi connectivity index (χ2v) is 8.47. The lowest BCUT2D eigenvalue weighted by molar-refractivity contribution is -0.122. The van der Waals surface area contributed by atoms with Crippen molar-refractivity contribution in [2.75, 3.05) is 24.7 Å². The molecule has 0 spiro atoms. The van der Waals surface area contributed by atoms with Gasteiger partial charge < -0.3 is 14.2 Å². The number of anilines is 1. The molecular weight excluding hydrogens is 496 g/mol. The molecule has 1 fully saturated rings. The summed E-state index contributed by atoms with van der Waals surface area (Å²) in [6.07, 6.45) is 1.36. The van der Waals surface area contributed by atoms with E-state index in [1.165, 1.54) is 6.08 Å². The molecule has 37 heavy (non-hydrogen) atoms. The minimum atomic E-state index is -0.814. The molecule has 8 nitrogen and oxygen atoms in total. The summed E-state index contributed by atoms with van der Waals surface area (Å²) in [6, 6.07) is 18.5. The van der Waals surface area contributed by atoms with Crippen molar-refractivity contribution in [1.82, 2.24) is 5.32 Å². The van der Waals surface area contributed by atoms with Gasteiger partial charge in [-0.15, -0.1) is 0 Å². The first-order chi connectivity index (χ1) is 17.9. The summed E-state index contributed by atoms with van der Waals surface area (Å²) < 4.78 is 17.2. The fourth-order valence-corrected chi connectivity index (χ4v) is 3.92. The molecule has 1 N–H and O–H groups in total. The van der Waals surface area contributed by atoms with E-state index in [1.807, 2.05) is 44.2 Å². The Bertz CT molecular complexity index is 1340. The number of ether oxygens (including phenoxy) is 3. The Morgan fingerprint density at radius 2 is 1.62 bits per heavy atom.